The van der Waals surface area contributed by atoms with Gasteiger partial charge in [-0.05, 0) is 53.1 Å². The van der Waals surface area contributed by atoms with Crippen molar-refractivity contribution >= 4 is 39.1 Å². The highest BCUT2D eigenvalue weighted by atomic mass is 35.5. The van der Waals surface area contributed by atoms with Crippen LogP contribution in [0.4, 0.5) is 5.69 Å². The summed E-state index contributed by atoms with van der Waals surface area (Å²) in [5.74, 6) is -0.739. The Bertz CT molecular complexity index is 1520. The van der Waals surface area contributed by atoms with Gasteiger partial charge in [0.15, 0.2) is 0 Å². The first-order valence-electron chi connectivity index (χ1n) is 15.3. The Morgan fingerprint density at radius 1 is 0.909 bits per heavy atom. The van der Waals surface area contributed by atoms with Crippen molar-refractivity contribution in [2.24, 2.45) is 0 Å². The molecule has 9 heteroatoms. The molecule has 1 N–H and O–H groups in total. The number of halogens is 1. The van der Waals surface area contributed by atoms with Crippen LogP contribution in [0.2, 0.25) is 5.02 Å². The topological polar surface area (TPSA) is 86.8 Å². The first-order valence-corrected chi connectivity index (χ1v) is 17.5. The Balaban J connectivity index is 1.72. The molecular formula is C35H44ClN3O4S. The van der Waals surface area contributed by atoms with Crippen LogP contribution in [0.25, 0.3) is 0 Å². The highest BCUT2D eigenvalue weighted by Crippen LogP contribution is 2.27. The molecule has 1 saturated carbocycles. The minimum Gasteiger partial charge on any atom is -0.352 e. The predicted octanol–water partition coefficient (Wildman–Crippen LogP) is 6.49. The number of benzene rings is 3. The Morgan fingerprint density at radius 2 is 1.52 bits per heavy atom. The molecule has 0 spiro atoms. The monoisotopic (exact) mass is 637 g/mol. The van der Waals surface area contributed by atoms with Crippen molar-refractivity contribution in [3.63, 3.8) is 0 Å². The summed E-state index contributed by atoms with van der Waals surface area (Å²) >= 11 is 6.55. The van der Waals surface area contributed by atoms with Crippen LogP contribution in [-0.4, -0.2) is 50.0 Å². The maximum absolute atomic E-state index is 14.3. The van der Waals surface area contributed by atoms with Crippen LogP contribution in [0.15, 0.2) is 78.9 Å². The lowest BCUT2D eigenvalue weighted by Gasteiger charge is -2.35. The first-order chi connectivity index (χ1) is 20.8. The number of anilines is 1. The number of hydrogen-bond acceptors (Lipinski definition) is 4. The second-order valence-electron chi connectivity index (χ2n) is 12.7. The maximum atomic E-state index is 14.3. The van der Waals surface area contributed by atoms with Crippen LogP contribution in [-0.2, 0) is 38.0 Å². The Labute approximate surface area is 267 Å². The van der Waals surface area contributed by atoms with Gasteiger partial charge in [-0.2, -0.15) is 0 Å². The quantitative estimate of drug-likeness (QED) is 0.260. The normalized spacial score (nSPS) is 14.9. The van der Waals surface area contributed by atoms with E-state index in [-0.39, 0.29) is 30.3 Å². The van der Waals surface area contributed by atoms with Gasteiger partial charge >= 0.3 is 0 Å². The van der Waals surface area contributed by atoms with Crippen molar-refractivity contribution < 1.29 is 18.0 Å². The number of hydrogen-bond donors (Lipinski definition) is 1. The van der Waals surface area contributed by atoms with E-state index in [0.717, 1.165) is 53.8 Å². The van der Waals surface area contributed by atoms with E-state index in [2.05, 4.69) is 26.1 Å². The third-order valence-corrected chi connectivity index (χ3v) is 9.73. The minimum absolute atomic E-state index is 0.0423. The molecule has 1 aliphatic rings. The van der Waals surface area contributed by atoms with Gasteiger partial charge in [0.05, 0.1) is 11.9 Å². The van der Waals surface area contributed by atoms with Crippen LogP contribution in [0.5, 0.6) is 0 Å². The highest BCUT2D eigenvalue weighted by molar-refractivity contribution is 7.92. The van der Waals surface area contributed by atoms with E-state index in [4.69, 9.17) is 11.6 Å². The Kier molecular flexibility index (Phi) is 11.1. The largest absolute Gasteiger partial charge is 0.352 e. The summed E-state index contributed by atoms with van der Waals surface area (Å²) in [6, 6.07) is 23.2. The number of sulfonamides is 1. The predicted molar refractivity (Wildman–Crippen MR) is 178 cm³/mol. The summed E-state index contributed by atoms with van der Waals surface area (Å²) in [5, 5.41) is 3.68. The first kappa shape index (κ1) is 33.5. The molecule has 44 heavy (non-hydrogen) atoms. The zero-order valence-electron chi connectivity index (χ0n) is 26.1. The van der Waals surface area contributed by atoms with E-state index in [9.17, 15) is 18.0 Å². The zero-order valence-corrected chi connectivity index (χ0v) is 27.7. The number of carbonyl (C=O) groups excluding carboxylic acids is 2. The second-order valence-corrected chi connectivity index (χ2v) is 15.0. The molecule has 0 aliphatic heterocycles. The fourth-order valence-corrected chi connectivity index (χ4v) is 6.69. The molecule has 0 aromatic heterocycles. The van der Waals surface area contributed by atoms with E-state index < -0.39 is 28.5 Å². The summed E-state index contributed by atoms with van der Waals surface area (Å²) in [6.45, 7) is 5.84. The number of rotatable bonds is 11. The number of amides is 2. The van der Waals surface area contributed by atoms with Gasteiger partial charge in [-0.3, -0.25) is 13.9 Å². The van der Waals surface area contributed by atoms with Gasteiger partial charge in [-0.15, -0.1) is 0 Å². The fraction of sp³-hybridized carbons (Fsp3) is 0.429. The van der Waals surface area contributed by atoms with Crippen molar-refractivity contribution in [1.29, 1.82) is 0 Å². The van der Waals surface area contributed by atoms with Crippen molar-refractivity contribution in [1.82, 2.24) is 10.2 Å². The lowest BCUT2D eigenvalue weighted by molar-refractivity contribution is -0.140. The SMILES string of the molecule is CC(C)(C)c1ccc(N(CC(=O)N(Cc2ccccc2Cl)[C@@H](Cc2ccccc2)C(=O)NC2CCCCC2)S(C)(=O)=O)cc1. The molecule has 4 rings (SSSR count). The molecule has 0 unspecified atom stereocenters. The Morgan fingerprint density at radius 3 is 2.11 bits per heavy atom. The number of nitrogens with one attached hydrogen (secondary N) is 1. The van der Waals surface area contributed by atoms with E-state index in [1.807, 2.05) is 60.7 Å². The molecule has 0 saturated heterocycles. The van der Waals surface area contributed by atoms with Crippen molar-refractivity contribution in [2.45, 2.75) is 83.3 Å². The molecule has 0 bridgehead atoms. The molecule has 3 aromatic rings. The molecule has 7 nitrogen and oxygen atoms in total. The highest BCUT2D eigenvalue weighted by Gasteiger charge is 2.34. The summed E-state index contributed by atoms with van der Waals surface area (Å²) < 4.78 is 27.3. The third kappa shape index (κ3) is 9.08. The molecule has 1 aliphatic carbocycles. The fourth-order valence-electron chi connectivity index (χ4n) is 5.65. The van der Waals surface area contributed by atoms with Crippen LogP contribution >= 0.6 is 11.6 Å². The van der Waals surface area contributed by atoms with Crippen molar-refractivity contribution in [2.75, 3.05) is 17.1 Å². The van der Waals surface area contributed by atoms with Crippen molar-refractivity contribution in [3.05, 3.63) is 101 Å². The van der Waals surface area contributed by atoms with Gasteiger partial charge in [0.2, 0.25) is 21.8 Å². The van der Waals surface area contributed by atoms with Gasteiger partial charge in [0.25, 0.3) is 0 Å². The Hall–Kier alpha value is -3.36. The molecule has 0 heterocycles. The van der Waals surface area contributed by atoms with Crippen LogP contribution in [0.1, 0.15) is 69.6 Å². The molecule has 0 radical (unpaired) electrons. The van der Waals surface area contributed by atoms with Crippen molar-refractivity contribution in [3.8, 4) is 0 Å². The van der Waals surface area contributed by atoms with Gasteiger partial charge in [0.1, 0.15) is 12.6 Å². The molecule has 3 aromatic carbocycles. The van der Waals surface area contributed by atoms with E-state index in [1.54, 1.807) is 18.2 Å². The zero-order chi connectivity index (χ0) is 31.9. The number of carbonyl (C=O) groups is 2. The number of nitrogens with zero attached hydrogens (tertiary/aromatic N) is 2. The summed E-state index contributed by atoms with van der Waals surface area (Å²) in [6.07, 6.45) is 6.41. The standard InChI is InChI=1S/C35H44ClN3O4S/c1-35(2,3)28-19-21-30(22-20-28)39(44(4,42)43)25-33(40)38(24-27-15-11-12-18-31(27)36)32(23-26-13-7-5-8-14-26)34(41)37-29-16-9-6-10-17-29/h5,7-8,11-15,18-22,29,32H,6,9-10,16-17,23-25H2,1-4H3,(H,37,41)/t32-/m0/s1. The van der Waals surface area contributed by atoms with Gasteiger partial charge in [0, 0.05) is 24.0 Å². The molecule has 1 fully saturated rings. The van der Waals surface area contributed by atoms with Gasteiger partial charge in [-0.1, -0.05) is 112 Å². The van der Waals surface area contributed by atoms with E-state index >= 15 is 0 Å². The smallest absolute Gasteiger partial charge is 0.244 e. The van der Waals surface area contributed by atoms with E-state index in [0.29, 0.717) is 16.3 Å². The van der Waals surface area contributed by atoms with Gasteiger partial charge in [-0.25, -0.2) is 8.42 Å². The van der Waals surface area contributed by atoms with Crippen LogP contribution in [0, 0.1) is 0 Å². The minimum atomic E-state index is -3.84. The average molecular weight is 638 g/mol. The second kappa shape index (κ2) is 14.6. The maximum Gasteiger partial charge on any atom is 0.244 e. The lowest BCUT2D eigenvalue weighted by Crippen LogP contribution is -2.55. The average Bonchev–Trinajstić information content (AvgIpc) is 2.98. The summed E-state index contributed by atoms with van der Waals surface area (Å²) in [4.78, 5) is 29.9. The van der Waals surface area contributed by atoms with Gasteiger partial charge < -0.3 is 10.2 Å². The van der Waals surface area contributed by atoms with E-state index in [1.165, 1.54) is 4.90 Å². The summed E-state index contributed by atoms with van der Waals surface area (Å²) in [5.41, 5.74) is 2.88. The molecular weight excluding hydrogens is 594 g/mol. The molecule has 2 amide bonds. The molecule has 236 valence electrons. The third-order valence-electron chi connectivity index (χ3n) is 8.22. The molecule has 1 atom stereocenters. The lowest BCUT2D eigenvalue weighted by atomic mass is 9.87. The van der Waals surface area contributed by atoms with Crippen LogP contribution in [0.3, 0.4) is 0 Å². The summed E-state index contributed by atoms with van der Waals surface area (Å²) in [7, 11) is -3.84. The van der Waals surface area contributed by atoms with Crippen LogP contribution < -0.4 is 9.62 Å².